The zero-order valence-electron chi connectivity index (χ0n) is 14.2. The standard InChI is InChI=1S/C20H24ClN3O/c21-18-12-17(24-20(25)9-6-16-10-11-22-13-16)7-8-19(18)23-14-15-4-2-1-3-5-15/h1-5,7-8,12,16,22-23H,6,9-11,13-14H2,(H,24,25). The molecule has 1 heterocycles. The molecule has 25 heavy (non-hydrogen) atoms. The van der Waals surface area contributed by atoms with Crippen molar-refractivity contribution in [3.8, 4) is 0 Å². The number of carbonyl (C=O) groups excluding carboxylic acids is 1. The van der Waals surface area contributed by atoms with Gasteiger partial charge in [0.1, 0.15) is 0 Å². The minimum atomic E-state index is 0.0490. The topological polar surface area (TPSA) is 53.2 Å². The Morgan fingerprint density at radius 3 is 2.76 bits per heavy atom. The fraction of sp³-hybridized carbons (Fsp3) is 0.350. The molecule has 0 aliphatic carbocycles. The van der Waals surface area contributed by atoms with Crippen LogP contribution < -0.4 is 16.0 Å². The van der Waals surface area contributed by atoms with Crippen LogP contribution in [-0.2, 0) is 11.3 Å². The van der Waals surface area contributed by atoms with Gasteiger partial charge in [0.05, 0.1) is 10.7 Å². The molecular formula is C20H24ClN3O. The monoisotopic (exact) mass is 357 g/mol. The highest BCUT2D eigenvalue weighted by Gasteiger charge is 2.15. The zero-order valence-corrected chi connectivity index (χ0v) is 15.0. The summed E-state index contributed by atoms with van der Waals surface area (Å²) in [6.45, 7) is 2.81. The van der Waals surface area contributed by atoms with Gasteiger partial charge in [-0.15, -0.1) is 0 Å². The van der Waals surface area contributed by atoms with Crippen LogP contribution in [-0.4, -0.2) is 19.0 Å². The second-order valence-electron chi connectivity index (χ2n) is 6.48. The molecule has 2 aromatic carbocycles. The maximum absolute atomic E-state index is 12.1. The molecule has 1 amide bonds. The highest BCUT2D eigenvalue weighted by molar-refractivity contribution is 6.33. The maximum Gasteiger partial charge on any atom is 0.224 e. The molecule has 2 aromatic rings. The molecule has 5 heteroatoms. The molecule has 1 saturated heterocycles. The van der Waals surface area contributed by atoms with Gasteiger partial charge in [-0.3, -0.25) is 4.79 Å². The second-order valence-corrected chi connectivity index (χ2v) is 6.89. The summed E-state index contributed by atoms with van der Waals surface area (Å²) in [4.78, 5) is 12.1. The summed E-state index contributed by atoms with van der Waals surface area (Å²) < 4.78 is 0. The molecule has 132 valence electrons. The van der Waals surface area contributed by atoms with Crippen molar-refractivity contribution < 1.29 is 4.79 Å². The van der Waals surface area contributed by atoms with E-state index in [0.717, 1.165) is 30.9 Å². The zero-order chi connectivity index (χ0) is 17.5. The number of hydrogen-bond acceptors (Lipinski definition) is 3. The van der Waals surface area contributed by atoms with Crippen LogP contribution in [0.5, 0.6) is 0 Å². The Labute approximate surface area is 154 Å². The van der Waals surface area contributed by atoms with Gasteiger partial charge in [-0.05, 0) is 55.6 Å². The first-order chi connectivity index (χ1) is 12.2. The normalized spacial score (nSPS) is 16.6. The van der Waals surface area contributed by atoms with Crippen molar-refractivity contribution in [1.82, 2.24) is 5.32 Å². The van der Waals surface area contributed by atoms with Crippen molar-refractivity contribution in [2.45, 2.75) is 25.8 Å². The molecule has 0 radical (unpaired) electrons. The van der Waals surface area contributed by atoms with Crippen LogP contribution >= 0.6 is 11.6 Å². The number of benzene rings is 2. The van der Waals surface area contributed by atoms with E-state index in [4.69, 9.17) is 11.6 Å². The van der Waals surface area contributed by atoms with E-state index < -0.39 is 0 Å². The van der Waals surface area contributed by atoms with Gasteiger partial charge in [0.15, 0.2) is 0 Å². The van der Waals surface area contributed by atoms with Crippen LogP contribution in [0, 0.1) is 5.92 Å². The van der Waals surface area contributed by atoms with E-state index in [1.54, 1.807) is 6.07 Å². The Morgan fingerprint density at radius 2 is 2.04 bits per heavy atom. The number of hydrogen-bond donors (Lipinski definition) is 3. The van der Waals surface area contributed by atoms with Gasteiger partial charge in [0, 0.05) is 18.7 Å². The van der Waals surface area contributed by atoms with Gasteiger partial charge in [0.2, 0.25) is 5.91 Å². The Bertz CT molecular complexity index is 699. The number of anilines is 2. The molecule has 0 spiro atoms. The Balaban J connectivity index is 1.49. The summed E-state index contributed by atoms with van der Waals surface area (Å²) in [5, 5.41) is 10.2. The van der Waals surface area contributed by atoms with Crippen LogP contribution in [0.25, 0.3) is 0 Å². The fourth-order valence-corrected chi connectivity index (χ4v) is 3.30. The minimum absolute atomic E-state index is 0.0490. The van der Waals surface area contributed by atoms with Crippen LogP contribution in [0.15, 0.2) is 48.5 Å². The van der Waals surface area contributed by atoms with E-state index >= 15 is 0 Å². The predicted molar refractivity (Wildman–Crippen MR) is 104 cm³/mol. The largest absolute Gasteiger partial charge is 0.380 e. The molecule has 0 bridgehead atoms. The van der Waals surface area contributed by atoms with Crippen LogP contribution in [0.4, 0.5) is 11.4 Å². The third-order valence-corrected chi connectivity index (χ3v) is 4.83. The SMILES string of the molecule is O=C(CCC1CCNC1)Nc1ccc(NCc2ccccc2)c(Cl)c1. The summed E-state index contributed by atoms with van der Waals surface area (Å²) in [5.41, 5.74) is 2.79. The van der Waals surface area contributed by atoms with E-state index in [-0.39, 0.29) is 5.91 Å². The predicted octanol–water partition coefficient (Wildman–Crippen LogP) is 4.28. The average molecular weight is 358 g/mol. The quantitative estimate of drug-likeness (QED) is 0.693. The summed E-state index contributed by atoms with van der Waals surface area (Å²) in [5.74, 6) is 0.673. The smallest absolute Gasteiger partial charge is 0.224 e. The van der Waals surface area contributed by atoms with E-state index in [1.807, 2.05) is 30.3 Å². The van der Waals surface area contributed by atoms with Crippen molar-refractivity contribution >= 4 is 28.9 Å². The molecule has 1 aliphatic heterocycles. The summed E-state index contributed by atoms with van der Waals surface area (Å²) in [6, 6.07) is 15.7. The molecule has 1 fully saturated rings. The van der Waals surface area contributed by atoms with E-state index in [2.05, 4.69) is 28.1 Å². The first-order valence-corrected chi connectivity index (χ1v) is 9.16. The number of nitrogens with one attached hydrogen (secondary N) is 3. The lowest BCUT2D eigenvalue weighted by Gasteiger charge is -2.12. The number of amides is 1. The molecule has 3 rings (SSSR count). The van der Waals surface area contributed by atoms with E-state index in [0.29, 0.717) is 23.9 Å². The molecule has 0 aromatic heterocycles. The number of halogens is 1. The molecule has 4 nitrogen and oxygen atoms in total. The first-order valence-electron chi connectivity index (χ1n) is 8.78. The van der Waals surface area contributed by atoms with Gasteiger partial charge < -0.3 is 16.0 Å². The molecule has 1 aliphatic rings. The van der Waals surface area contributed by atoms with Gasteiger partial charge in [-0.2, -0.15) is 0 Å². The highest BCUT2D eigenvalue weighted by Crippen LogP contribution is 2.26. The van der Waals surface area contributed by atoms with E-state index in [1.165, 1.54) is 12.0 Å². The lowest BCUT2D eigenvalue weighted by Crippen LogP contribution is -2.15. The third-order valence-electron chi connectivity index (χ3n) is 4.52. The first kappa shape index (κ1) is 17.8. The van der Waals surface area contributed by atoms with Crippen LogP contribution in [0.3, 0.4) is 0 Å². The molecular weight excluding hydrogens is 334 g/mol. The highest BCUT2D eigenvalue weighted by atomic mass is 35.5. The van der Waals surface area contributed by atoms with Crippen LogP contribution in [0.1, 0.15) is 24.8 Å². The molecule has 3 N–H and O–H groups in total. The summed E-state index contributed by atoms with van der Waals surface area (Å²) >= 11 is 6.34. The fourth-order valence-electron chi connectivity index (χ4n) is 3.05. The Hall–Kier alpha value is -2.04. The minimum Gasteiger partial charge on any atom is -0.380 e. The summed E-state index contributed by atoms with van der Waals surface area (Å²) in [6.07, 6.45) is 2.65. The number of carbonyl (C=O) groups is 1. The van der Waals surface area contributed by atoms with Gasteiger partial charge >= 0.3 is 0 Å². The Morgan fingerprint density at radius 1 is 1.20 bits per heavy atom. The van der Waals surface area contributed by atoms with E-state index in [9.17, 15) is 4.79 Å². The second kappa shape index (κ2) is 8.88. The number of rotatable bonds is 7. The van der Waals surface area contributed by atoms with Crippen molar-refractivity contribution in [3.05, 3.63) is 59.1 Å². The van der Waals surface area contributed by atoms with Crippen molar-refractivity contribution in [3.63, 3.8) is 0 Å². The Kier molecular flexibility index (Phi) is 6.31. The van der Waals surface area contributed by atoms with Crippen LogP contribution in [0.2, 0.25) is 5.02 Å². The van der Waals surface area contributed by atoms with Gasteiger partial charge in [0.25, 0.3) is 0 Å². The van der Waals surface area contributed by atoms with Gasteiger partial charge in [-0.25, -0.2) is 0 Å². The van der Waals surface area contributed by atoms with Crippen molar-refractivity contribution in [1.29, 1.82) is 0 Å². The van der Waals surface area contributed by atoms with Gasteiger partial charge in [-0.1, -0.05) is 41.9 Å². The van der Waals surface area contributed by atoms with Crippen molar-refractivity contribution in [2.24, 2.45) is 5.92 Å². The molecule has 0 saturated carbocycles. The lowest BCUT2D eigenvalue weighted by molar-refractivity contribution is -0.116. The lowest BCUT2D eigenvalue weighted by atomic mass is 10.0. The third kappa shape index (κ3) is 5.48. The average Bonchev–Trinajstić information content (AvgIpc) is 3.14. The summed E-state index contributed by atoms with van der Waals surface area (Å²) in [7, 11) is 0. The maximum atomic E-state index is 12.1. The molecule has 1 atom stereocenters. The van der Waals surface area contributed by atoms with Crippen molar-refractivity contribution in [2.75, 3.05) is 23.7 Å². The molecule has 1 unspecified atom stereocenters.